The van der Waals surface area contributed by atoms with Crippen LogP contribution in [0.25, 0.3) is 0 Å². The summed E-state index contributed by atoms with van der Waals surface area (Å²) in [5.74, 6) is 1.93. The Morgan fingerprint density at radius 1 is 1.50 bits per heavy atom. The zero-order valence-corrected chi connectivity index (χ0v) is 12.2. The summed E-state index contributed by atoms with van der Waals surface area (Å²) in [7, 11) is 4.32. The Morgan fingerprint density at radius 2 is 2.28 bits per heavy atom. The van der Waals surface area contributed by atoms with Crippen LogP contribution in [0.2, 0.25) is 0 Å². The quantitative estimate of drug-likeness (QED) is 0.791. The summed E-state index contributed by atoms with van der Waals surface area (Å²) in [6.07, 6.45) is 3.35. The number of hydrogen-bond donors (Lipinski definition) is 0. The number of imidazole rings is 1. The fourth-order valence-corrected chi connectivity index (χ4v) is 2.83. The highest BCUT2D eigenvalue weighted by Gasteiger charge is 2.22. The molecule has 2 heterocycles. The third kappa shape index (κ3) is 3.12. The lowest BCUT2D eigenvalue weighted by Crippen LogP contribution is -2.28. The lowest BCUT2D eigenvalue weighted by molar-refractivity contribution is 0.256. The van der Waals surface area contributed by atoms with Crippen molar-refractivity contribution in [3.05, 3.63) is 17.7 Å². The summed E-state index contributed by atoms with van der Waals surface area (Å²) in [5.41, 5.74) is 1.31. The van der Waals surface area contributed by atoms with Gasteiger partial charge in [0, 0.05) is 32.9 Å². The van der Waals surface area contributed by atoms with Crippen molar-refractivity contribution in [3.8, 4) is 0 Å². The highest BCUT2D eigenvalue weighted by molar-refractivity contribution is 5.03. The van der Waals surface area contributed by atoms with Crippen molar-refractivity contribution in [3.63, 3.8) is 0 Å². The molecule has 1 fully saturated rings. The largest absolute Gasteiger partial charge is 0.334 e. The van der Waals surface area contributed by atoms with Gasteiger partial charge in [0.1, 0.15) is 5.82 Å². The highest BCUT2D eigenvalue weighted by Crippen LogP contribution is 2.17. The molecule has 0 aliphatic carbocycles. The van der Waals surface area contributed by atoms with E-state index in [0.29, 0.717) is 0 Å². The average Bonchev–Trinajstić information content (AvgIpc) is 2.91. The zero-order chi connectivity index (χ0) is 13.1. The molecule has 18 heavy (non-hydrogen) atoms. The minimum absolute atomic E-state index is 0.837. The van der Waals surface area contributed by atoms with E-state index in [2.05, 4.69) is 47.3 Å². The molecule has 0 radical (unpaired) electrons. The zero-order valence-electron chi connectivity index (χ0n) is 12.2. The summed E-state index contributed by atoms with van der Waals surface area (Å²) in [6.45, 7) is 10.2. The molecule has 1 aliphatic heterocycles. The van der Waals surface area contributed by atoms with Crippen molar-refractivity contribution in [1.29, 1.82) is 0 Å². The van der Waals surface area contributed by atoms with Crippen molar-refractivity contribution in [2.45, 2.75) is 26.8 Å². The number of aryl methyl sites for hydroxylation is 1. The lowest BCUT2D eigenvalue weighted by atomic mass is 10.1. The van der Waals surface area contributed by atoms with Gasteiger partial charge in [-0.25, -0.2) is 4.98 Å². The van der Waals surface area contributed by atoms with E-state index in [0.717, 1.165) is 18.3 Å². The van der Waals surface area contributed by atoms with Gasteiger partial charge in [-0.3, -0.25) is 0 Å². The van der Waals surface area contributed by atoms with Gasteiger partial charge in [-0.05, 0) is 39.4 Å². The van der Waals surface area contributed by atoms with Crippen LogP contribution < -0.4 is 0 Å². The predicted molar refractivity (Wildman–Crippen MR) is 74.5 cm³/mol. The smallest absolute Gasteiger partial charge is 0.105 e. The van der Waals surface area contributed by atoms with Crippen LogP contribution in [-0.4, -0.2) is 52.6 Å². The molecule has 1 saturated heterocycles. The van der Waals surface area contributed by atoms with Crippen LogP contribution in [0.4, 0.5) is 0 Å². The van der Waals surface area contributed by atoms with Gasteiger partial charge in [-0.15, -0.1) is 0 Å². The highest BCUT2D eigenvalue weighted by atomic mass is 15.2. The maximum absolute atomic E-state index is 4.35. The van der Waals surface area contributed by atoms with E-state index >= 15 is 0 Å². The number of likely N-dealkylation sites (tertiary alicyclic amines) is 1. The van der Waals surface area contributed by atoms with E-state index in [4.69, 9.17) is 0 Å². The fraction of sp³-hybridized carbons (Fsp3) is 0.786. The molecule has 1 aliphatic rings. The van der Waals surface area contributed by atoms with Gasteiger partial charge in [0.05, 0.1) is 5.69 Å². The second-order valence-corrected chi connectivity index (χ2v) is 5.60. The summed E-state index contributed by atoms with van der Waals surface area (Å²) in [5, 5.41) is 0. The molecule has 1 aromatic heterocycles. The fourth-order valence-electron chi connectivity index (χ4n) is 2.83. The normalized spacial score (nSPS) is 21.1. The summed E-state index contributed by atoms with van der Waals surface area (Å²) in [6, 6.07) is 0. The summed E-state index contributed by atoms with van der Waals surface area (Å²) < 4.78 is 2.18. The molecule has 102 valence electrons. The first-order valence-corrected chi connectivity index (χ1v) is 6.98. The van der Waals surface area contributed by atoms with Crippen LogP contribution in [-0.2, 0) is 13.6 Å². The van der Waals surface area contributed by atoms with Crippen molar-refractivity contribution >= 4 is 0 Å². The van der Waals surface area contributed by atoms with Gasteiger partial charge < -0.3 is 14.4 Å². The van der Waals surface area contributed by atoms with E-state index in [1.807, 2.05) is 6.20 Å². The topological polar surface area (TPSA) is 24.3 Å². The molecule has 4 nitrogen and oxygen atoms in total. The first-order valence-electron chi connectivity index (χ1n) is 6.98. The Morgan fingerprint density at radius 3 is 2.83 bits per heavy atom. The van der Waals surface area contributed by atoms with Crippen molar-refractivity contribution < 1.29 is 0 Å². The first-order chi connectivity index (χ1) is 8.60. The Kier molecular flexibility index (Phi) is 4.40. The SMILES string of the molecule is CCN1CCC(CN(C)Cc2cnc(C)n2C)C1. The molecule has 1 atom stereocenters. The van der Waals surface area contributed by atoms with Crippen LogP contribution in [0.1, 0.15) is 24.9 Å². The van der Waals surface area contributed by atoms with Crippen molar-refractivity contribution in [2.24, 2.45) is 13.0 Å². The lowest BCUT2D eigenvalue weighted by Gasteiger charge is -2.21. The molecule has 0 aromatic carbocycles. The van der Waals surface area contributed by atoms with Crippen LogP contribution >= 0.6 is 0 Å². The number of hydrogen-bond acceptors (Lipinski definition) is 3. The van der Waals surface area contributed by atoms with Gasteiger partial charge in [0.15, 0.2) is 0 Å². The van der Waals surface area contributed by atoms with Gasteiger partial charge >= 0.3 is 0 Å². The van der Waals surface area contributed by atoms with E-state index in [1.54, 1.807) is 0 Å². The van der Waals surface area contributed by atoms with Crippen LogP contribution in [0.3, 0.4) is 0 Å². The standard InChI is InChI=1S/C14H26N4/c1-5-18-7-6-13(10-18)9-16(3)11-14-8-15-12(2)17(14)4/h8,13H,5-7,9-11H2,1-4H3. The second-order valence-electron chi connectivity index (χ2n) is 5.60. The van der Waals surface area contributed by atoms with Gasteiger partial charge in [0.25, 0.3) is 0 Å². The molecule has 4 heteroatoms. The van der Waals surface area contributed by atoms with Crippen molar-refractivity contribution in [2.75, 3.05) is 33.2 Å². The van der Waals surface area contributed by atoms with E-state index in [-0.39, 0.29) is 0 Å². The van der Waals surface area contributed by atoms with Crippen LogP contribution in [0.5, 0.6) is 0 Å². The van der Waals surface area contributed by atoms with Gasteiger partial charge in [0.2, 0.25) is 0 Å². The Labute approximate surface area is 111 Å². The Bertz CT molecular complexity index is 385. The Hall–Kier alpha value is -0.870. The second kappa shape index (κ2) is 5.85. The molecule has 0 saturated carbocycles. The number of nitrogens with zero attached hydrogens (tertiary/aromatic N) is 4. The van der Waals surface area contributed by atoms with Crippen LogP contribution in [0.15, 0.2) is 6.20 Å². The van der Waals surface area contributed by atoms with Gasteiger partial charge in [-0.1, -0.05) is 6.92 Å². The van der Waals surface area contributed by atoms with E-state index in [1.165, 1.54) is 38.3 Å². The molecule has 1 unspecified atom stereocenters. The minimum Gasteiger partial charge on any atom is -0.334 e. The summed E-state index contributed by atoms with van der Waals surface area (Å²) in [4.78, 5) is 9.33. The minimum atomic E-state index is 0.837. The molecular weight excluding hydrogens is 224 g/mol. The monoisotopic (exact) mass is 250 g/mol. The van der Waals surface area contributed by atoms with Crippen molar-refractivity contribution in [1.82, 2.24) is 19.4 Å². The molecular formula is C14H26N4. The maximum Gasteiger partial charge on any atom is 0.105 e. The molecule has 0 N–H and O–H groups in total. The molecule has 1 aromatic rings. The number of rotatable bonds is 5. The third-order valence-corrected chi connectivity index (χ3v) is 4.14. The maximum atomic E-state index is 4.35. The molecule has 0 bridgehead atoms. The third-order valence-electron chi connectivity index (χ3n) is 4.14. The molecule has 0 amide bonds. The first kappa shape index (κ1) is 13.6. The predicted octanol–water partition coefficient (Wildman–Crippen LogP) is 1.50. The molecule has 2 rings (SSSR count). The van der Waals surface area contributed by atoms with Gasteiger partial charge in [-0.2, -0.15) is 0 Å². The summed E-state index contributed by atoms with van der Waals surface area (Å²) >= 11 is 0. The average molecular weight is 250 g/mol. The Balaban J connectivity index is 1.82. The van der Waals surface area contributed by atoms with E-state index in [9.17, 15) is 0 Å². The number of aromatic nitrogens is 2. The van der Waals surface area contributed by atoms with Crippen LogP contribution in [0, 0.1) is 12.8 Å². The van der Waals surface area contributed by atoms with E-state index < -0.39 is 0 Å². The molecule has 0 spiro atoms.